The second kappa shape index (κ2) is 7.78. The van der Waals surface area contributed by atoms with Crippen LogP contribution in [0, 0.1) is 11.3 Å². The molecular weight excluding hydrogens is 408 g/mol. The van der Waals surface area contributed by atoms with E-state index in [0.29, 0.717) is 29.5 Å². The first-order chi connectivity index (χ1) is 13.1. The summed E-state index contributed by atoms with van der Waals surface area (Å²) in [6, 6.07) is 5.03. The van der Waals surface area contributed by atoms with Gasteiger partial charge < -0.3 is 14.8 Å². The van der Waals surface area contributed by atoms with Gasteiger partial charge in [0.05, 0.1) is 16.8 Å². The van der Waals surface area contributed by atoms with Gasteiger partial charge >= 0.3 is 0 Å². The number of nitrogens with zero attached hydrogens (tertiary/aromatic N) is 3. The topological polar surface area (TPSA) is 85.3 Å². The van der Waals surface area contributed by atoms with E-state index in [2.05, 4.69) is 38.2 Å². The van der Waals surface area contributed by atoms with Crippen LogP contribution >= 0.6 is 15.9 Å². The van der Waals surface area contributed by atoms with Gasteiger partial charge in [0, 0.05) is 29.6 Å². The SMILES string of the molecule is CN(C1CCC(Nc2ncc3oc(C#N)cc3c2Br)CC1)[C@@H]1CCC[C@H]1O. The normalized spacial score (nSPS) is 28.6. The molecule has 6 nitrogen and oxygen atoms in total. The van der Waals surface area contributed by atoms with E-state index in [4.69, 9.17) is 9.68 Å². The van der Waals surface area contributed by atoms with Crippen LogP contribution in [-0.4, -0.2) is 46.3 Å². The molecule has 0 spiro atoms. The second-order valence-electron chi connectivity index (χ2n) is 7.80. The summed E-state index contributed by atoms with van der Waals surface area (Å²) in [6.07, 6.45) is 9.12. The Morgan fingerprint density at radius 2 is 2.07 bits per heavy atom. The van der Waals surface area contributed by atoms with Crippen molar-refractivity contribution in [1.29, 1.82) is 5.26 Å². The van der Waals surface area contributed by atoms with Crippen molar-refractivity contribution in [2.24, 2.45) is 0 Å². The van der Waals surface area contributed by atoms with Gasteiger partial charge in [-0.1, -0.05) is 0 Å². The third-order valence-corrected chi connectivity index (χ3v) is 7.01. The van der Waals surface area contributed by atoms with E-state index in [1.54, 1.807) is 12.3 Å². The van der Waals surface area contributed by atoms with Crippen LogP contribution in [0.1, 0.15) is 50.7 Å². The highest BCUT2D eigenvalue weighted by Gasteiger charge is 2.34. The van der Waals surface area contributed by atoms with Gasteiger partial charge in [0.15, 0.2) is 5.58 Å². The number of furan rings is 1. The van der Waals surface area contributed by atoms with Crippen molar-refractivity contribution < 1.29 is 9.52 Å². The third-order valence-electron chi connectivity index (χ3n) is 6.21. The van der Waals surface area contributed by atoms with Gasteiger partial charge in [0.2, 0.25) is 5.76 Å². The zero-order valence-electron chi connectivity index (χ0n) is 15.5. The van der Waals surface area contributed by atoms with E-state index < -0.39 is 0 Å². The highest BCUT2D eigenvalue weighted by molar-refractivity contribution is 9.10. The summed E-state index contributed by atoms with van der Waals surface area (Å²) in [5.74, 6) is 1.10. The second-order valence-corrected chi connectivity index (χ2v) is 8.60. The molecule has 144 valence electrons. The Labute approximate surface area is 167 Å². The number of hydrogen-bond acceptors (Lipinski definition) is 6. The van der Waals surface area contributed by atoms with E-state index >= 15 is 0 Å². The molecule has 2 aromatic rings. The van der Waals surface area contributed by atoms with Crippen LogP contribution in [0.4, 0.5) is 5.82 Å². The summed E-state index contributed by atoms with van der Waals surface area (Å²) >= 11 is 3.61. The monoisotopic (exact) mass is 432 g/mol. The van der Waals surface area contributed by atoms with Gasteiger partial charge in [-0.3, -0.25) is 4.90 Å². The van der Waals surface area contributed by atoms with Gasteiger partial charge in [-0.15, -0.1) is 0 Å². The van der Waals surface area contributed by atoms with Crippen molar-refractivity contribution in [2.75, 3.05) is 12.4 Å². The number of hydrogen-bond donors (Lipinski definition) is 2. The van der Waals surface area contributed by atoms with Crippen molar-refractivity contribution in [2.45, 2.75) is 69.2 Å². The Bertz CT molecular complexity index is 854. The summed E-state index contributed by atoms with van der Waals surface area (Å²) in [6.45, 7) is 0. The lowest BCUT2D eigenvalue weighted by Crippen LogP contribution is -2.46. The molecule has 0 unspecified atom stereocenters. The van der Waals surface area contributed by atoms with Gasteiger partial charge in [0.25, 0.3) is 0 Å². The van der Waals surface area contributed by atoms with Crippen LogP contribution in [-0.2, 0) is 0 Å². The number of pyridine rings is 1. The summed E-state index contributed by atoms with van der Waals surface area (Å²) in [5.41, 5.74) is 0.615. The van der Waals surface area contributed by atoms with Crippen molar-refractivity contribution in [1.82, 2.24) is 9.88 Å². The minimum Gasteiger partial charge on any atom is -0.444 e. The molecule has 2 fully saturated rings. The molecule has 2 atom stereocenters. The number of nitriles is 1. The number of rotatable bonds is 4. The molecule has 0 radical (unpaired) electrons. The third kappa shape index (κ3) is 3.71. The molecule has 2 N–H and O–H groups in total. The maximum absolute atomic E-state index is 10.2. The van der Waals surface area contributed by atoms with Crippen molar-refractivity contribution >= 4 is 32.7 Å². The maximum Gasteiger partial charge on any atom is 0.204 e. The number of aliphatic hydroxyl groups excluding tert-OH is 1. The number of anilines is 1. The first-order valence-electron chi connectivity index (χ1n) is 9.71. The maximum atomic E-state index is 10.2. The number of nitrogens with one attached hydrogen (secondary N) is 1. The van der Waals surface area contributed by atoms with Crippen LogP contribution < -0.4 is 5.32 Å². The number of likely N-dealkylation sites (N-methyl/N-ethyl adjacent to an activating group) is 1. The summed E-state index contributed by atoms with van der Waals surface area (Å²) in [4.78, 5) is 6.89. The van der Waals surface area contributed by atoms with Crippen LogP contribution in [0.25, 0.3) is 11.0 Å². The van der Waals surface area contributed by atoms with Crippen molar-refractivity contribution in [3.8, 4) is 6.07 Å². The molecular formula is C20H25BrN4O2. The molecule has 0 amide bonds. The van der Waals surface area contributed by atoms with Crippen LogP contribution in [0.5, 0.6) is 0 Å². The standard InChI is InChI=1S/C20H25BrN4O2/c1-25(16-3-2-4-17(16)26)13-7-5-12(6-8-13)24-20-19(21)15-9-14(10-22)27-18(15)11-23-20/h9,11-13,16-17,26H,2-8H2,1H3,(H,23,24)/t12?,13?,16-,17-/m1/s1. The Hall–Kier alpha value is -1.62. The number of aliphatic hydroxyl groups is 1. The van der Waals surface area contributed by atoms with Gasteiger partial charge in [-0.25, -0.2) is 4.98 Å². The predicted octanol–water partition coefficient (Wildman–Crippen LogP) is 4.03. The largest absolute Gasteiger partial charge is 0.444 e. The Morgan fingerprint density at radius 3 is 2.74 bits per heavy atom. The fraction of sp³-hybridized carbons (Fsp3) is 0.600. The zero-order valence-corrected chi connectivity index (χ0v) is 17.1. The number of halogens is 1. The van der Waals surface area contributed by atoms with E-state index in [9.17, 15) is 5.11 Å². The van der Waals surface area contributed by atoms with Gasteiger partial charge in [-0.05, 0) is 67.9 Å². The van der Waals surface area contributed by atoms with Crippen LogP contribution in [0.3, 0.4) is 0 Å². The molecule has 0 aliphatic heterocycles. The minimum atomic E-state index is -0.161. The Morgan fingerprint density at radius 1 is 1.30 bits per heavy atom. The molecule has 27 heavy (non-hydrogen) atoms. The van der Waals surface area contributed by atoms with Crippen molar-refractivity contribution in [3.05, 3.63) is 22.5 Å². The molecule has 2 aliphatic carbocycles. The van der Waals surface area contributed by atoms with Crippen LogP contribution in [0.15, 0.2) is 21.2 Å². The van der Waals surface area contributed by atoms with E-state index in [-0.39, 0.29) is 6.10 Å². The van der Waals surface area contributed by atoms with Gasteiger partial charge in [-0.2, -0.15) is 5.26 Å². The fourth-order valence-electron chi connectivity index (χ4n) is 4.62. The van der Waals surface area contributed by atoms with E-state index in [1.807, 2.05) is 6.07 Å². The molecule has 0 bridgehead atoms. The van der Waals surface area contributed by atoms with Crippen molar-refractivity contribution in [3.63, 3.8) is 0 Å². The molecule has 2 saturated carbocycles. The smallest absolute Gasteiger partial charge is 0.204 e. The number of fused-ring (bicyclic) bond motifs is 1. The van der Waals surface area contributed by atoms with Crippen LogP contribution in [0.2, 0.25) is 0 Å². The van der Waals surface area contributed by atoms with Gasteiger partial charge in [0.1, 0.15) is 11.9 Å². The average molecular weight is 433 g/mol. The molecule has 0 aromatic carbocycles. The molecule has 2 aliphatic rings. The lowest BCUT2D eigenvalue weighted by molar-refractivity contribution is 0.0489. The molecule has 2 heterocycles. The molecule has 7 heteroatoms. The first kappa shape index (κ1) is 18.7. The fourth-order valence-corrected chi connectivity index (χ4v) is 5.15. The Balaban J connectivity index is 1.38. The zero-order chi connectivity index (χ0) is 19.0. The first-order valence-corrected chi connectivity index (χ1v) is 10.5. The summed E-state index contributed by atoms with van der Waals surface area (Å²) in [5, 5.41) is 23.6. The highest BCUT2D eigenvalue weighted by atomic mass is 79.9. The van der Waals surface area contributed by atoms with E-state index in [1.165, 1.54) is 0 Å². The minimum absolute atomic E-state index is 0.161. The van der Waals surface area contributed by atoms with E-state index in [0.717, 1.165) is 60.6 Å². The molecule has 0 saturated heterocycles. The Kier molecular flexibility index (Phi) is 5.40. The average Bonchev–Trinajstić information content (AvgIpc) is 3.30. The molecule has 2 aromatic heterocycles. The lowest BCUT2D eigenvalue weighted by Gasteiger charge is -2.39. The highest BCUT2D eigenvalue weighted by Crippen LogP contribution is 2.34. The number of aromatic nitrogens is 1. The molecule has 4 rings (SSSR count). The summed E-state index contributed by atoms with van der Waals surface area (Å²) in [7, 11) is 2.18. The lowest BCUT2D eigenvalue weighted by atomic mass is 9.89. The predicted molar refractivity (Wildman–Crippen MR) is 107 cm³/mol. The quantitative estimate of drug-likeness (QED) is 0.758. The summed E-state index contributed by atoms with van der Waals surface area (Å²) < 4.78 is 6.28.